The van der Waals surface area contributed by atoms with Gasteiger partial charge >= 0.3 is 0 Å². The Morgan fingerprint density at radius 1 is 0.850 bits per heavy atom. The third-order valence-corrected chi connectivity index (χ3v) is 3.22. The van der Waals surface area contributed by atoms with E-state index >= 15 is 0 Å². The van der Waals surface area contributed by atoms with E-state index in [0.29, 0.717) is 27.7 Å². The fraction of sp³-hybridized carbons (Fsp3) is 0.133. The van der Waals surface area contributed by atoms with Crippen molar-refractivity contribution >= 4 is 10.9 Å². The highest BCUT2D eigenvalue weighted by atomic mass is 14.7. The molecule has 0 aliphatic rings. The van der Waals surface area contributed by atoms with E-state index in [0.717, 1.165) is 0 Å². The summed E-state index contributed by atoms with van der Waals surface area (Å²) in [6.07, 6.45) is 0. The molecule has 0 atom stereocenters. The van der Waals surface area contributed by atoms with E-state index in [4.69, 9.17) is 10.5 Å². The number of pyridine rings is 1. The van der Waals surface area contributed by atoms with Gasteiger partial charge in [0, 0.05) is 11.1 Å². The number of hydrogen-bond donors (Lipinski definition) is 0. The zero-order chi connectivity index (χ0) is 14.9. The van der Waals surface area contributed by atoms with Crippen LogP contribution in [0.3, 0.4) is 0 Å². The molecule has 0 saturated carbocycles. The smallest absolute Gasteiger partial charge is 0.102 e. The van der Waals surface area contributed by atoms with Gasteiger partial charge in [-0.25, -0.2) is 0 Å². The van der Waals surface area contributed by atoms with Crippen LogP contribution in [0.4, 0.5) is 0 Å². The molecule has 20 heavy (non-hydrogen) atoms. The second kappa shape index (κ2) is 4.69. The largest absolute Gasteiger partial charge is 0.253 e. The third-order valence-electron chi connectivity index (χ3n) is 3.22. The second-order valence-corrected chi connectivity index (χ2v) is 4.21. The second-order valence-electron chi connectivity index (χ2n) is 4.21. The fourth-order valence-electron chi connectivity index (χ4n) is 2.10. The first-order chi connectivity index (χ1) is 9.58. The van der Waals surface area contributed by atoms with Crippen LogP contribution in [0.1, 0.15) is 33.5 Å². The highest BCUT2D eigenvalue weighted by Gasteiger charge is 2.19. The summed E-state index contributed by atoms with van der Waals surface area (Å²) < 4.78 is 0. The number of fused-ring (bicyclic) bond motifs is 1. The monoisotopic (exact) mass is 257 g/mol. The first-order valence-electron chi connectivity index (χ1n) is 5.67. The number of nitrogens with zero attached hydrogens (tertiary/aromatic N) is 5. The predicted octanol–water partition coefficient (Wildman–Crippen LogP) is 2.34. The summed E-state index contributed by atoms with van der Waals surface area (Å²) in [4.78, 5) is 4.31. The average molecular weight is 257 g/mol. The number of aryl methyl sites for hydroxylation is 1. The minimum Gasteiger partial charge on any atom is -0.253 e. The van der Waals surface area contributed by atoms with E-state index in [1.807, 2.05) is 18.2 Å². The van der Waals surface area contributed by atoms with E-state index in [1.165, 1.54) is 6.07 Å². The minimum atomic E-state index is -0.0101. The molecular formula is C15H7N5. The number of nitriles is 4. The molecule has 0 N–H and O–H groups in total. The summed E-state index contributed by atoms with van der Waals surface area (Å²) in [5, 5.41) is 37.2. The Kier molecular flexibility index (Phi) is 3.06. The predicted molar refractivity (Wildman–Crippen MR) is 70.1 cm³/mol. The number of benzene rings is 1. The summed E-state index contributed by atoms with van der Waals surface area (Å²) in [7, 11) is 0. The SMILES string of the molecule is Cc1nc2cc(C#N)c(C#N)c(C#N)c2c(C#N)c1C. The molecule has 0 radical (unpaired) electrons. The molecule has 1 aromatic carbocycles. The lowest BCUT2D eigenvalue weighted by Crippen LogP contribution is -2.00. The van der Waals surface area contributed by atoms with Crippen molar-refractivity contribution in [3.05, 3.63) is 39.6 Å². The molecule has 0 aliphatic heterocycles. The Balaban J connectivity index is 3.21. The van der Waals surface area contributed by atoms with Crippen LogP contribution in [0, 0.1) is 59.2 Å². The molecule has 0 bridgehead atoms. The van der Waals surface area contributed by atoms with E-state index in [-0.39, 0.29) is 16.7 Å². The van der Waals surface area contributed by atoms with Gasteiger partial charge in [-0.2, -0.15) is 21.0 Å². The number of rotatable bonds is 0. The van der Waals surface area contributed by atoms with Gasteiger partial charge in [-0.3, -0.25) is 4.98 Å². The Morgan fingerprint density at radius 3 is 1.95 bits per heavy atom. The fourth-order valence-corrected chi connectivity index (χ4v) is 2.10. The Morgan fingerprint density at radius 2 is 1.45 bits per heavy atom. The van der Waals surface area contributed by atoms with Gasteiger partial charge in [0.15, 0.2) is 0 Å². The van der Waals surface area contributed by atoms with Gasteiger partial charge in [0.2, 0.25) is 0 Å². The van der Waals surface area contributed by atoms with Crippen molar-refractivity contribution in [2.24, 2.45) is 0 Å². The topological polar surface area (TPSA) is 108 Å². The van der Waals surface area contributed by atoms with Gasteiger partial charge in [0.25, 0.3) is 0 Å². The first-order valence-corrected chi connectivity index (χ1v) is 5.67. The zero-order valence-electron chi connectivity index (χ0n) is 10.8. The molecule has 0 aliphatic carbocycles. The summed E-state index contributed by atoms with van der Waals surface area (Å²) in [5.41, 5.74) is 2.16. The Labute approximate surface area is 115 Å². The van der Waals surface area contributed by atoms with Crippen molar-refractivity contribution in [3.63, 3.8) is 0 Å². The molecule has 0 amide bonds. The molecule has 5 nitrogen and oxygen atoms in total. The van der Waals surface area contributed by atoms with Crippen molar-refractivity contribution in [1.82, 2.24) is 4.98 Å². The lowest BCUT2D eigenvalue weighted by molar-refractivity contribution is 1.18. The zero-order valence-corrected chi connectivity index (χ0v) is 10.8. The standard InChI is InChI=1S/C15H7N5/c1-8-9(2)20-14-3-10(4-16)12(6-18)13(7-19)15(14)11(8)5-17/h3H,1-2H3. The summed E-state index contributed by atoms with van der Waals surface area (Å²) in [6.45, 7) is 3.50. The maximum absolute atomic E-state index is 9.32. The van der Waals surface area contributed by atoms with Crippen LogP contribution in [0.5, 0.6) is 0 Å². The molecule has 1 heterocycles. The number of aromatic nitrogens is 1. The van der Waals surface area contributed by atoms with E-state index < -0.39 is 0 Å². The lowest BCUT2D eigenvalue weighted by Gasteiger charge is -2.10. The quantitative estimate of drug-likeness (QED) is 0.719. The minimum absolute atomic E-state index is 0.0101. The molecule has 0 fully saturated rings. The van der Waals surface area contributed by atoms with E-state index in [9.17, 15) is 10.5 Å². The Bertz CT molecular complexity index is 911. The molecule has 0 saturated heterocycles. The van der Waals surface area contributed by atoms with Crippen LogP contribution in [-0.2, 0) is 0 Å². The van der Waals surface area contributed by atoms with Crippen LogP contribution < -0.4 is 0 Å². The highest BCUT2D eigenvalue weighted by molar-refractivity contribution is 5.94. The van der Waals surface area contributed by atoms with Crippen LogP contribution in [0.25, 0.3) is 10.9 Å². The molecule has 0 unspecified atom stereocenters. The molecule has 1 aromatic heterocycles. The lowest BCUT2D eigenvalue weighted by atomic mass is 9.93. The van der Waals surface area contributed by atoms with Gasteiger partial charge in [-0.1, -0.05) is 0 Å². The van der Waals surface area contributed by atoms with Gasteiger partial charge in [0.05, 0.1) is 27.8 Å². The maximum atomic E-state index is 9.32. The molecular weight excluding hydrogens is 250 g/mol. The summed E-state index contributed by atoms with van der Waals surface area (Å²) >= 11 is 0. The van der Waals surface area contributed by atoms with Crippen molar-refractivity contribution in [2.75, 3.05) is 0 Å². The first kappa shape index (κ1) is 13.0. The molecule has 0 spiro atoms. The molecule has 5 heteroatoms. The highest BCUT2D eigenvalue weighted by Crippen LogP contribution is 2.29. The van der Waals surface area contributed by atoms with E-state index in [2.05, 4.69) is 11.1 Å². The van der Waals surface area contributed by atoms with Crippen molar-refractivity contribution in [1.29, 1.82) is 21.0 Å². The third kappa shape index (κ3) is 1.64. The molecule has 92 valence electrons. The van der Waals surface area contributed by atoms with Gasteiger partial charge in [-0.15, -0.1) is 0 Å². The van der Waals surface area contributed by atoms with Gasteiger partial charge < -0.3 is 0 Å². The Hall–Kier alpha value is -3.41. The summed E-state index contributed by atoms with van der Waals surface area (Å²) in [5.74, 6) is 0. The molecule has 2 aromatic rings. The van der Waals surface area contributed by atoms with Crippen LogP contribution in [-0.4, -0.2) is 4.98 Å². The van der Waals surface area contributed by atoms with Crippen LogP contribution >= 0.6 is 0 Å². The average Bonchev–Trinajstić information content (AvgIpc) is 2.46. The van der Waals surface area contributed by atoms with Crippen molar-refractivity contribution in [2.45, 2.75) is 13.8 Å². The van der Waals surface area contributed by atoms with Gasteiger partial charge in [-0.05, 0) is 25.5 Å². The normalized spacial score (nSPS) is 9.30. The molecule has 2 rings (SSSR count). The van der Waals surface area contributed by atoms with E-state index in [1.54, 1.807) is 13.8 Å². The van der Waals surface area contributed by atoms with Crippen molar-refractivity contribution in [3.8, 4) is 24.3 Å². The van der Waals surface area contributed by atoms with Crippen LogP contribution in [0.2, 0.25) is 0 Å². The van der Waals surface area contributed by atoms with Gasteiger partial charge in [0.1, 0.15) is 24.3 Å². The van der Waals surface area contributed by atoms with Crippen molar-refractivity contribution < 1.29 is 0 Å². The summed E-state index contributed by atoms with van der Waals surface area (Å²) in [6, 6.07) is 9.18. The van der Waals surface area contributed by atoms with Crippen LogP contribution in [0.15, 0.2) is 6.07 Å². The maximum Gasteiger partial charge on any atom is 0.102 e. The number of hydrogen-bond acceptors (Lipinski definition) is 5.